The molecule has 0 aromatic carbocycles. The van der Waals surface area contributed by atoms with Crippen molar-refractivity contribution < 1.29 is 4.74 Å². The van der Waals surface area contributed by atoms with E-state index >= 15 is 0 Å². The summed E-state index contributed by atoms with van der Waals surface area (Å²) in [5.74, 6) is 0.589. The maximum Gasteiger partial charge on any atom is 0.124 e. The number of nitrogens with two attached hydrogens (primary N) is 1. The Kier molecular flexibility index (Phi) is 2.48. The summed E-state index contributed by atoms with van der Waals surface area (Å²) in [6.07, 6.45) is 1.90. The highest BCUT2D eigenvalue weighted by Crippen LogP contribution is 2.08. The van der Waals surface area contributed by atoms with E-state index in [4.69, 9.17) is 10.5 Å². The predicted molar refractivity (Wildman–Crippen MR) is 42.9 cm³/mol. The molecule has 0 amide bonds. The molecule has 0 saturated heterocycles. The number of anilines is 1. The van der Waals surface area contributed by atoms with E-state index in [1.54, 1.807) is 6.20 Å². The first-order chi connectivity index (χ1) is 5.20. The zero-order chi connectivity index (χ0) is 8.27. The Labute approximate surface area is 65.7 Å². The Hall–Kier alpha value is -1.03. The van der Waals surface area contributed by atoms with Gasteiger partial charge in [-0.25, -0.2) is 0 Å². The molecule has 11 heavy (non-hydrogen) atoms. The number of nitrogens with zero attached hydrogens (tertiary/aromatic N) is 1. The number of nitrogens with one attached hydrogen (secondary N) is 1. The summed E-state index contributed by atoms with van der Waals surface area (Å²) in [7, 11) is 0. The highest BCUT2D eigenvalue weighted by molar-refractivity contribution is 5.35. The second-order valence-electron chi connectivity index (χ2n) is 2.67. The van der Waals surface area contributed by atoms with Gasteiger partial charge in [0.15, 0.2) is 0 Å². The van der Waals surface area contributed by atoms with E-state index in [1.165, 1.54) is 0 Å². The van der Waals surface area contributed by atoms with Crippen molar-refractivity contribution in [1.29, 1.82) is 0 Å². The molecule has 0 spiro atoms. The molecule has 0 fully saturated rings. The Morgan fingerprint density at radius 2 is 2.45 bits per heavy atom. The lowest BCUT2D eigenvalue weighted by Crippen LogP contribution is -2.03. The SMILES string of the molecule is CC(C)OCc1cn[nH]c1N. The third-order valence-electron chi connectivity index (χ3n) is 1.32. The summed E-state index contributed by atoms with van der Waals surface area (Å²) in [6.45, 7) is 4.49. The van der Waals surface area contributed by atoms with Crippen LogP contribution in [0.2, 0.25) is 0 Å². The zero-order valence-electron chi connectivity index (χ0n) is 6.79. The molecular weight excluding hydrogens is 142 g/mol. The lowest BCUT2D eigenvalue weighted by Gasteiger charge is -2.05. The number of hydrogen-bond donors (Lipinski definition) is 2. The van der Waals surface area contributed by atoms with Gasteiger partial charge in [-0.1, -0.05) is 0 Å². The van der Waals surface area contributed by atoms with Crippen molar-refractivity contribution in [3.8, 4) is 0 Å². The van der Waals surface area contributed by atoms with Crippen LogP contribution in [0.5, 0.6) is 0 Å². The van der Waals surface area contributed by atoms with Gasteiger partial charge in [0.05, 0.1) is 18.9 Å². The maximum atomic E-state index is 5.53. The summed E-state index contributed by atoms with van der Waals surface area (Å²) >= 11 is 0. The van der Waals surface area contributed by atoms with Crippen LogP contribution in [-0.2, 0) is 11.3 Å². The second-order valence-corrected chi connectivity index (χ2v) is 2.67. The lowest BCUT2D eigenvalue weighted by atomic mass is 10.3. The van der Waals surface area contributed by atoms with Crippen molar-refractivity contribution in [1.82, 2.24) is 10.2 Å². The van der Waals surface area contributed by atoms with Gasteiger partial charge in [0.1, 0.15) is 5.82 Å². The van der Waals surface area contributed by atoms with E-state index in [9.17, 15) is 0 Å². The summed E-state index contributed by atoms with van der Waals surface area (Å²) in [6, 6.07) is 0. The molecule has 4 nitrogen and oxygen atoms in total. The van der Waals surface area contributed by atoms with E-state index < -0.39 is 0 Å². The van der Waals surface area contributed by atoms with Gasteiger partial charge in [-0.15, -0.1) is 0 Å². The van der Waals surface area contributed by atoms with Crippen LogP contribution in [0.3, 0.4) is 0 Å². The molecule has 1 aromatic rings. The summed E-state index contributed by atoms with van der Waals surface area (Å²) in [5, 5.41) is 6.41. The first kappa shape index (κ1) is 8.07. The van der Waals surface area contributed by atoms with Crippen LogP contribution in [-0.4, -0.2) is 16.3 Å². The van der Waals surface area contributed by atoms with Crippen molar-refractivity contribution in [2.45, 2.75) is 26.6 Å². The summed E-state index contributed by atoms with van der Waals surface area (Å²) in [5.41, 5.74) is 6.44. The minimum absolute atomic E-state index is 0.226. The molecule has 0 radical (unpaired) electrons. The molecule has 0 aliphatic carbocycles. The van der Waals surface area contributed by atoms with Crippen molar-refractivity contribution in [3.05, 3.63) is 11.8 Å². The third-order valence-corrected chi connectivity index (χ3v) is 1.32. The highest BCUT2D eigenvalue weighted by atomic mass is 16.5. The normalized spacial score (nSPS) is 10.8. The Morgan fingerprint density at radius 3 is 2.91 bits per heavy atom. The molecule has 0 atom stereocenters. The van der Waals surface area contributed by atoms with Crippen LogP contribution in [0.1, 0.15) is 19.4 Å². The van der Waals surface area contributed by atoms with Gasteiger partial charge in [0.2, 0.25) is 0 Å². The van der Waals surface area contributed by atoms with Crippen molar-refractivity contribution in [3.63, 3.8) is 0 Å². The van der Waals surface area contributed by atoms with E-state index in [0.717, 1.165) is 5.56 Å². The molecule has 0 bridgehead atoms. The molecule has 0 saturated carbocycles. The van der Waals surface area contributed by atoms with Crippen molar-refractivity contribution in [2.24, 2.45) is 0 Å². The van der Waals surface area contributed by atoms with Gasteiger partial charge in [-0.3, -0.25) is 5.10 Å². The number of ether oxygens (including phenoxy) is 1. The molecular formula is C7H13N3O. The van der Waals surface area contributed by atoms with Gasteiger partial charge >= 0.3 is 0 Å². The first-order valence-electron chi connectivity index (χ1n) is 3.59. The average molecular weight is 155 g/mol. The second kappa shape index (κ2) is 3.39. The first-order valence-corrected chi connectivity index (χ1v) is 3.59. The van der Waals surface area contributed by atoms with Crippen LogP contribution in [0.4, 0.5) is 5.82 Å². The zero-order valence-corrected chi connectivity index (χ0v) is 6.79. The van der Waals surface area contributed by atoms with Crippen molar-refractivity contribution >= 4 is 5.82 Å². The van der Waals surface area contributed by atoms with Crippen LogP contribution >= 0.6 is 0 Å². The number of aromatic nitrogens is 2. The van der Waals surface area contributed by atoms with E-state index in [2.05, 4.69) is 10.2 Å². The van der Waals surface area contributed by atoms with Gasteiger partial charge < -0.3 is 10.5 Å². The van der Waals surface area contributed by atoms with Gasteiger partial charge in [-0.2, -0.15) is 5.10 Å². The third kappa shape index (κ3) is 2.23. The standard InChI is InChI=1S/C7H13N3O/c1-5(2)11-4-6-3-9-10-7(6)8/h3,5H,4H2,1-2H3,(H3,8,9,10). The van der Waals surface area contributed by atoms with Gasteiger partial charge in [-0.05, 0) is 13.8 Å². The number of hydrogen-bond acceptors (Lipinski definition) is 3. The minimum Gasteiger partial charge on any atom is -0.384 e. The molecule has 0 unspecified atom stereocenters. The molecule has 1 heterocycles. The molecule has 1 aromatic heterocycles. The smallest absolute Gasteiger partial charge is 0.124 e. The van der Waals surface area contributed by atoms with E-state index in [0.29, 0.717) is 12.4 Å². The quantitative estimate of drug-likeness (QED) is 0.682. The monoisotopic (exact) mass is 155 g/mol. The van der Waals surface area contributed by atoms with Gasteiger partial charge in [0.25, 0.3) is 0 Å². The molecule has 0 aliphatic heterocycles. The summed E-state index contributed by atoms with van der Waals surface area (Å²) < 4.78 is 5.33. The Balaban J connectivity index is 2.44. The highest BCUT2D eigenvalue weighted by Gasteiger charge is 2.01. The van der Waals surface area contributed by atoms with E-state index in [-0.39, 0.29) is 6.10 Å². The molecule has 3 N–H and O–H groups in total. The minimum atomic E-state index is 0.226. The molecule has 1 rings (SSSR count). The fourth-order valence-electron chi connectivity index (χ4n) is 0.693. The van der Waals surface area contributed by atoms with Crippen LogP contribution < -0.4 is 5.73 Å². The van der Waals surface area contributed by atoms with Crippen LogP contribution in [0.25, 0.3) is 0 Å². The fraction of sp³-hybridized carbons (Fsp3) is 0.571. The predicted octanol–water partition coefficient (Wildman–Crippen LogP) is 0.917. The van der Waals surface area contributed by atoms with Crippen molar-refractivity contribution in [2.75, 3.05) is 5.73 Å². The number of rotatable bonds is 3. The fourth-order valence-corrected chi connectivity index (χ4v) is 0.693. The van der Waals surface area contributed by atoms with Crippen LogP contribution in [0.15, 0.2) is 6.20 Å². The Morgan fingerprint density at radius 1 is 1.73 bits per heavy atom. The van der Waals surface area contributed by atoms with E-state index in [1.807, 2.05) is 13.8 Å². The topological polar surface area (TPSA) is 63.9 Å². The molecule has 0 aliphatic rings. The Bertz CT molecular complexity index is 219. The number of aromatic amines is 1. The molecule has 62 valence electrons. The van der Waals surface area contributed by atoms with Crippen LogP contribution in [0, 0.1) is 0 Å². The lowest BCUT2D eigenvalue weighted by molar-refractivity contribution is 0.0661. The number of nitrogen functional groups attached to an aromatic ring is 1. The number of H-pyrrole nitrogens is 1. The average Bonchev–Trinajstić information content (AvgIpc) is 2.31. The molecule has 4 heteroatoms. The largest absolute Gasteiger partial charge is 0.384 e. The summed E-state index contributed by atoms with van der Waals surface area (Å²) in [4.78, 5) is 0. The van der Waals surface area contributed by atoms with Gasteiger partial charge in [0, 0.05) is 5.56 Å². The maximum absolute atomic E-state index is 5.53.